The number of hydroxylamine groups is 1. The molecule has 12 heterocycles. The lowest BCUT2D eigenvalue weighted by Gasteiger charge is -2.29. The summed E-state index contributed by atoms with van der Waals surface area (Å²) in [5.41, 5.74) is 24.9. The molecule has 0 radical (unpaired) electrons. The van der Waals surface area contributed by atoms with Gasteiger partial charge in [0, 0.05) is 120 Å². The first-order chi connectivity index (χ1) is 68.9. The predicted octanol–water partition coefficient (Wildman–Crippen LogP) is 16.4. The number of benzene rings is 6. The number of amides is 5. The van der Waals surface area contributed by atoms with Crippen molar-refractivity contribution in [1.82, 2.24) is 68.6 Å². The summed E-state index contributed by atoms with van der Waals surface area (Å²) in [6.07, 6.45) is 21.4. The van der Waals surface area contributed by atoms with Gasteiger partial charge < -0.3 is 59.5 Å². The Bertz CT molecular complexity index is 7380. The van der Waals surface area contributed by atoms with Gasteiger partial charge in [-0.3, -0.25) is 67.0 Å². The maximum Gasteiger partial charge on any atom is 0.332 e. The van der Waals surface area contributed by atoms with Crippen molar-refractivity contribution in [2.24, 2.45) is 22.0 Å². The molecular weight excluding hydrogens is 1850 g/mol. The Hall–Kier alpha value is -14.9. The zero-order valence-electron chi connectivity index (χ0n) is 80.7. The van der Waals surface area contributed by atoms with E-state index < -0.39 is 18.2 Å². The smallest absolute Gasteiger partial charge is 0.332 e. The Morgan fingerprint density at radius 3 is 2.08 bits per heavy atom. The van der Waals surface area contributed by atoms with Crippen LogP contribution in [-0.2, 0) is 59.7 Å². The third-order valence-electron chi connectivity index (χ3n) is 26.6. The van der Waals surface area contributed by atoms with Crippen LogP contribution in [0.15, 0.2) is 195 Å². The molecule has 36 heteroatoms. The molecule has 0 saturated heterocycles. The summed E-state index contributed by atoms with van der Waals surface area (Å²) in [7, 11) is 4.76. The van der Waals surface area contributed by atoms with E-state index >= 15 is 0 Å². The number of nitrogens with zero attached hydrogens (tertiary/aromatic N) is 15. The van der Waals surface area contributed by atoms with Crippen molar-refractivity contribution < 1.29 is 53.0 Å². The minimum Gasteiger partial charge on any atom is -0.494 e. The van der Waals surface area contributed by atoms with Crippen LogP contribution in [0.2, 0.25) is 10.0 Å². The van der Waals surface area contributed by atoms with Crippen LogP contribution in [0.1, 0.15) is 204 Å². The van der Waals surface area contributed by atoms with Crippen LogP contribution >= 0.6 is 23.2 Å². The molecule has 4 fully saturated rings. The number of methoxy groups -OCH3 is 3. The number of ether oxygens (including phenoxy) is 4. The number of nitrogen functional groups attached to an aromatic ring is 1. The minimum absolute atomic E-state index is 0.00832. The van der Waals surface area contributed by atoms with Crippen molar-refractivity contribution in [2.45, 2.75) is 201 Å². The van der Waals surface area contributed by atoms with Gasteiger partial charge in [0.25, 0.3) is 40.7 Å². The van der Waals surface area contributed by atoms with Crippen molar-refractivity contribution in [3.63, 3.8) is 0 Å². The number of halogens is 2. The number of rotatable bonds is 22. The lowest BCUT2D eigenvalue weighted by Crippen LogP contribution is -2.46. The number of oxime groups is 1. The van der Waals surface area contributed by atoms with E-state index in [2.05, 4.69) is 102 Å². The van der Waals surface area contributed by atoms with E-state index in [0.29, 0.717) is 139 Å². The predicted molar refractivity (Wildman–Crippen MR) is 545 cm³/mol. The molecule has 4 aliphatic carbocycles. The van der Waals surface area contributed by atoms with E-state index in [1.165, 1.54) is 35.8 Å². The number of aromatic amines is 1. The molecule has 736 valence electrons. The Labute approximate surface area is 828 Å². The molecule has 8 aliphatic rings. The third kappa shape index (κ3) is 21.3. The number of fused-ring (bicyclic) bond motifs is 6. The first kappa shape index (κ1) is 98.7. The fourth-order valence-corrected chi connectivity index (χ4v) is 19.4. The molecule has 14 aromatic rings. The van der Waals surface area contributed by atoms with Crippen LogP contribution in [0.4, 0.5) is 23.0 Å². The molecule has 5 amide bonds. The molecule has 0 bridgehead atoms. The number of aryl methyl sites for hydroxylation is 6. The number of aliphatic imine (C=N–C) groups is 1. The van der Waals surface area contributed by atoms with Crippen LogP contribution in [0, 0.1) is 32.6 Å². The Balaban J connectivity index is 0.000000118. The molecule has 8 aromatic heterocycles. The summed E-state index contributed by atoms with van der Waals surface area (Å²) in [6, 6.07) is 46.9. The average Bonchev–Trinajstić information content (AvgIpc) is 1.57. The summed E-state index contributed by atoms with van der Waals surface area (Å²) >= 11 is 12.0. The molecule has 34 nitrogen and oxygen atoms in total. The lowest BCUT2D eigenvalue weighted by atomic mass is 9.96. The quantitative estimate of drug-likeness (QED) is 0.0271. The van der Waals surface area contributed by atoms with Gasteiger partial charge in [0.2, 0.25) is 18.1 Å². The molecule has 7 N–H and O–H groups in total. The van der Waals surface area contributed by atoms with Gasteiger partial charge in [0.1, 0.15) is 28.3 Å². The number of nitrogens with two attached hydrogens (primary N) is 1. The second-order valence-electron chi connectivity index (χ2n) is 36.3. The Morgan fingerprint density at radius 2 is 1.38 bits per heavy atom. The number of H-pyrrole nitrogens is 1. The van der Waals surface area contributed by atoms with Crippen LogP contribution in [0.3, 0.4) is 0 Å². The van der Waals surface area contributed by atoms with Gasteiger partial charge in [0.15, 0.2) is 34.3 Å². The molecular formula is C106H114Cl2N20O14. The summed E-state index contributed by atoms with van der Waals surface area (Å²) in [4.78, 5) is 139. The number of anilines is 4. The number of hydrogen-bond acceptors (Lipinski definition) is 23. The SMILES string of the molecule is CCCn1c(=O)c2c(C)nc(CC)n2c2nc(OC)ccc21.CCc1nn(C2CCCC2)c2c1CCN(c1ccccc1C)C2=O.COc1ccc(C(=O)Nc2cc(Cl)ccc2Cl)c2cccnc12.COc1ccc(C2=NOC(C(=O)NO)C2)cc1OC1CCCC1.Cc1cc2c3c(c1)C(c1ccccc1)=N[C@@H](NC(=O)c1ccncc1)C(=O)N3CC2.Nc1nc2c([nH]1)c(=O)n(CC1CC1)c(=O)n2CC1CC1. The van der Waals surface area contributed by atoms with Gasteiger partial charge in [-0.25, -0.2) is 20.3 Å². The second-order valence-corrected chi connectivity index (χ2v) is 37.2. The van der Waals surface area contributed by atoms with E-state index in [4.69, 9.17) is 68.0 Å². The number of carbonyl (C=O) groups excluding carboxylic acids is 5. The maximum absolute atomic E-state index is 13.4. The van der Waals surface area contributed by atoms with Crippen LogP contribution in [0.5, 0.6) is 23.1 Å². The van der Waals surface area contributed by atoms with Gasteiger partial charge in [-0.2, -0.15) is 15.1 Å². The zero-order valence-corrected chi connectivity index (χ0v) is 82.2. The zero-order chi connectivity index (χ0) is 99.7. The highest BCUT2D eigenvalue weighted by atomic mass is 35.5. The van der Waals surface area contributed by atoms with Gasteiger partial charge in [0.05, 0.1) is 78.2 Å². The summed E-state index contributed by atoms with van der Waals surface area (Å²) < 4.78 is 30.6. The summed E-state index contributed by atoms with van der Waals surface area (Å²) in [5, 5.41) is 24.6. The highest BCUT2D eigenvalue weighted by Gasteiger charge is 2.40. The number of hydrogen-bond donors (Lipinski definition) is 6. The number of carbonyl (C=O) groups is 5. The highest BCUT2D eigenvalue weighted by molar-refractivity contribution is 6.36. The molecule has 2 atom stereocenters. The molecule has 4 aliphatic heterocycles. The summed E-state index contributed by atoms with van der Waals surface area (Å²) in [6.45, 7) is 15.4. The Kier molecular flexibility index (Phi) is 30.5. The van der Waals surface area contributed by atoms with E-state index in [-0.39, 0.29) is 52.5 Å². The van der Waals surface area contributed by atoms with Crippen molar-refractivity contribution in [3.05, 3.63) is 284 Å². The first-order valence-corrected chi connectivity index (χ1v) is 49.0. The van der Waals surface area contributed by atoms with E-state index in [0.717, 1.165) is 169 Å². The molecule has 142 heavy (non-hydrogen) atoms. The van der Waals surface area contributed by atoms with Crippen molar-refractivity contribution in [3.8, 4) is 23.1 Å². The van der Waals surface area contributed by atoms with Crippen LogP contribution < -0.4 is 67.4 Å². The topological polar surface area (TPSA) is 414 Å². The monoisotopic (exact) mass is 1960 g/mol. The summed E-state index contributed by atoms with van der Waals surface area (Å²) in [5.74, 6) is 3.17. The molecule has 22 rings (SSSR count). The van der Waals surface area contributed by atoms with Crippen molar-refractivity contribution in [2.75, 3.05) is 55.3 Å². The number of imidazole rings is 2. The molecule has 0 spiro atoms. The van der Waals surface area contributed by atoms with Gasteiger partial charge in [-0.15, -0.1) is 0 Å². The fourth-order valence-electron chi connectivity index (χ4n) is 19.1. The van der Waals surface area contributed by atoms with Gasteiger partial charge >= 0.3 is 5.69 Å². The standard InChI is InChI=1S/C24H20N4O2.C20H25N3O.C17H12Cl2N2O2.C16H20N4O2.C16H20N2O5.C13H17N5O2/c1-15-13-18-9-12-28-21(18)19(14-15)20(16-5-3-2-4-6-16)26-22(24(28)30)27-23(29)17-7-10-25-11-8-17;1-3-17-16-12-13-22(18-11-7-4-8-14(18)2)20(24)19(16)23(21-17)15-9-5-6-10-15;1-23-15-7-5-12(11-3-2-8-20-16(11)15)17(22)21-14-9-10(18)4-6-13(14)19;1-5-9-19-11-7-8-13(22-4)18-15(11)20-12(6-2)17-10(3)14(20)16(19)21;1-21-13-7-6-10(8-14(13)22-11-4-2-3-5-11)12-9-15(23-18-12)16(19)17-20;14-12-15-9-10(16-12)17(5-7-1-2-7)13(20)18(11(9)19)6-8-3-4-8/h2-8,10-11,13-14,22H,9,12H2,1H3,(H,27,29);4,7-8,11,15H,3,5-6,9-10,12-13H2,1-2H3;2-9H,1H3,(H,21,22);7-8H,5-6,9H2,1-4H3;6-8,11,15,20H,2-5,9H2,1H3,(H,17,19);7-8H,1-6H2,(H3,14,15,16)/t22-;;;;;/m0...../s1. The Morgan fingerprint density at radius 1 is 0.662 bits per heavy atom. The van der Waals surface area contributed by atoms with Crippen molar-refractivity contribution in [1.29, 1.82) is 0 Å². The highest BCUT2D eigenvalue weighted by Crippen LogP contribution is 2.42. The lowest BCUT2D eigenvalue weighted by molar-refractivity contribution is -0.139. The largest absolute Gasteiger partial charge is 0.494 e. The number of aromatic nitrogens is 12. The molecule has 6 aromatic carbocycles. The third-order valence-corrected chi connectivity index (χ3v) is 27.1. The number of nitrogens with one attached hydrogen (secondary N) is 4. The van der Waals surface area contributed by atoms with E-state index in [1.807, 2.05) is 95.9 Å². The van der Waals surface area contributed by atoms with Gasteiger partial charge in [-0.1, -0.05) is 128 Å². The molecule has 1 unspecified atom stereocenters. The average molecular weight is 1960 g/mol. The fraction of sp³-hybridized carbons (Fsp3) is 0.358. The maximum atomic E-state index is 13.4. The second kappa shape index (κ2) is 43.9. The van der Waals surface area contributed by atoms with E-state index in [1.54, 1.807) is 114 Å². The number of pyridine rings is 3. The first-order valence-electron chi connectivity index (χ1n) is 48.3. The van der Waals surface area contributed by atoms with Gasteiger partial charge in [-0.05, 0) is 219 Å². The number of para-hydroxylation sites is 1. The van der Waals surface area contributed by atoms with Crippen molar-refractivity contribution >= 4 is 126 Å². The van der Waals surface area contributed by atoms with E-state index in [9.17, 15) is 38.4 Å². The minimum atomic E-state index is -1.00. The van der Waals surface area contributed by atoms with Crippen LogP contribution in [0.25, 0.3) is 38.7 Å². The molecule has 4 saturated carbocycles. The normalized spacial score (nSPS) is 16.2. The van der Waals surface area contributed by atoms with Crippen LogP contribution in [-0.4, -0.2) is 157 Å².